The molecule has 3 rings (SSSR count). The predicted molar refractivity (Wildman–Crippen MR) is 120 cm³/mol. The van der Waals surface area contributed by atoms with E-state index in [0.717, 1.165) is 12.8 Å². The monoisotopic (exact) mass is 450 g/mol. The molecule has 0 radical (unpaired) electrons. The van der Waals surface area contributed by atoms with E-state index < -0.39 is 16.6 Å². The Kier molecular flexibility index (Phi) is 7.06. The summed E-state index contributed by atoms with van der Waals surface area (Å²) < 4.78 is 5.42. The summed E-state index contributed by atoms with van der Waals surface area (Å²) in [7, 11) is 0. The maximum absolute atomic E-state index is 11.8. The molecule has 2 heterocycles. The van der Waals surface area contributed by atoms with Crippen molar-refractivity contribution >= 4 is 23.5 Å². The molecule has 2 aliphatic rings. The SMILES string of the molecule is CC1(Nc2ncc([N+](=O)[O-])c(NC3CCC(N(C(=O)O)C(C)(C)C)CC3)n2)CCOCC1. The lowest BCUT2D eigenvalue weighted by atomic mass is 9.88. The van der Waals surface area contributed by atoms with Crippen LogP contribution < -0.4 is 10.6 Å². The average Bonchev–Trinajstić information content (AvgIpc) is 2.68. The Morgan fingerprint density at radius 1 is 1.28 bits per heavy atom. The van der Waals surface area contributed by atoms with Crippen molar-refractivity contribution in [2.75, 3.05) is 23.8 Å². The average molecular weight is 451 g/mol. The summed E-state index contributed by atoms with van der Waals surface area (Å²) in [6, 6.07) is -0.0985. The Balaban J connectivity index is 1.70. The summed E-state index contributed by atoms with van der Waals surface area (Å²) in [6.07, 6.45) is 4.68. The quantitative estimate of drug-likeness (QED) is 0.434. The molecular weight excluding hydrogens is 416 g/mol. The number of aromatic nitrogens is 2. The molecular formula is C21H34N6O5. The lowest BCUT2D eigenvalue weighted by Gasteiger charge is -2.42. The number of nitrogens with one attached hydrogen (secondary N) is 2. The third kappa shape index (κ3) is 5.76. The molecule has 11 heteroatoms. The third-order valence-electron chi connectivity index (χ3n) is 6.31. The Bertz CT molecular complexity index is 828. The van der Waals surface area contributed by atoms with Gasteiger partial charge in [0.05, 0.1) is 4.92 Å². The zero-order chi connectivity index (χ0) is 23.5. The van der Waals surface area contributed by atoms with Gasteiger partial charge in [0.1, 0.15) is 6.20 Å². The molecule has 1 aliphatic heterocycles. The van der Waals surface area contributed by atoms with Crippen LogP contribution in [0.2, 0.25) is 0 Å². The van der Waals surface area contributed by atoms with Crippen LogP contribution in [0.3, 0.4) is 0 Å². The van der Waals surface area contributed by atoms with Gasteiger partial charge >= 0.3 is 11.8 Å². The van der Waals surface area contributed by atoms with Crippen LogP contribution in [0, 0.1) is 10.1 Å². The van der Waals surface area contributed by atoms with Crippen molar-refractivity contribution in [3.8, 4) is 0 Å². The van der Waals surface area contributed by atoms with Crippen molar-refractivity contribution in [3.63, 3.8) is 0 Å². The summed E-state index contributed by atoms with van der Waals surface area (Å²) in [5.41, 5.74) is -0.878. The second kappa shape index (κ2) is 9.43. The van der Waals surface area contributed by atoms with Gasteiger partial charge in [0.2, 0.25) is 11.8 Å². The maximum Gasteiger partial charge on any atom is 0.407 e. The van der Waals surface area contributed by atoms with Crippen LogP contribution in [-0.4, -0.2) is 67.4 Å². The van der Waals surface area contributed by atoms with E-state index in [1.165, 1.54) is 11.1 Å². The Morgan fingerprint density at radius 3 is 2.44 bits per heavy atom. The molecule has 1 saturated heterocycles. The fourth-order valence-corrected chi connectivity index (χ4v) is 4.55. The molecule has 1 amide bonds. The normalized spacial score (nSPS) is 23.2. The van der Waals surface area contributed by atoms with Gasteiger partial charge in [0.15, 0.2) is 0 Å². The number of amides is 1. The lowest BCUT2D eigenvalue weighted by Crippen LogP contribution is -2.52. The van der Waals surface area contributed by atoms with Gasteiger partial charge in [-0.2, -0.15) is 4.98 Å². The Morgan fingerprint density at radius 2 is 1.91 bits per heavy atom. The molecule has 1 saturated carbocycles. The molecule has 1 aliphatic carbocycles. The summed E-state index contributed by atoms with van der Waals surface area (Å²) in [6.45, 7) is 9.03. The molecule has 0 spiro atoms. The Labute approximate surface area is 188 Å². The standard InChI is InChI=1S/C21H34N6O5/c1-20(2,3)26(19(28)29)15-7-5-14(6-8-15)23-17-16(27(30)31)13-22-18(24-17)25-21(4)9-11-32-12-10-21/h13-15H,5-12H2,1-4H3,(H,28,29)(H2,22,23,24,25). The van der Waals surface area contributed by atoms with Gasteiger partial charge < -0.3 is 25.4 Å². The van der Waals surface area contributed by atoms with Crippen LogP contribution in [-0.2, 0) is 4.74 Å². The minimum Gasteiger partial charge on any atom is -0.465 e. The number of nitro groups is 1. The molecule has 3 N–H and O–H groups in total. The second-order valence-electron chi connectivity index (χ2n) is 9.96. The first-order valence-corrected chi connectivity index (χ1v) is 11.1. The molecule has 0 bridgehead atoms. The first-order valence-electron chi connectivity index (χ1n) is 11.1. The number of hydrogen-bond acceptors (Lipinski definition) is 8. The number of carboxylic acid groups (broad SMARTS) is 1. The van der Waals surface area contributed by atoms with Gasteiger partial charge in [0.25, 0.3) is 0 Å². The van der Waals surface area contributed by atoms with Gasteiger partial charge in [-0.05, 0) is 66.2 Å². The molecule has 32 heavy (non-hydrogen) atoms. The van der Waals surface area contributed by atoms with Crippen molar-refractivity contribution < 1.29 is 19.6 Å². The van der Waals surface area contributed by atoms with E-state index in [0.29, 0.717) is 44.8 Å². The van der Waals surface area contributed by atoms with Crippen LogP contribution in [0.15, 0.2) is 6.20 Å². The molecule has 2 fully saturated rings. The van der Waals surface area contributed by atoms with E-state index >= 15 is 0 Å². The number of anilines is 2. The third-order valence-corrected chi connectivity index (χ3v) is 6.31. The number of hydrogen-bond donors (Lipinski definition) is 3. The van der Waals surface area contributed by atoms with Crippen LogP contribution in [0.25, 0.3) is 0 Å². The number of ether oxygens (including phenoxy) is 1. The van der Waals surface area contributed by atoms with Gasteiger partial charge in [0, 0.05) is 36.4 Å². The highest BCUT2D eigenvalue weighted by Crippen LogP contribution is 2.32. The highest BCUT2D eigenvalue weighted by Gasteiger charge is 2.36. The summed E-state index contributed by atoms with van der Waals surface area (Å²) >= 11 is 0. The molecule has 0 unspecified atom stereocenters. The number of nitrogens with zero attached hydrogens (tertiary/aromatic N) is 4. The van der Waals surface area contributed by atoms with Gasteiger partial charge in [-0.15, -0.1) is 0 Å². The first kappa shape index (κ1) is 24.0. The molecule has 1 aromatic rings. The summed E-state index contributed by atoms with van der Waals surface area (Å²) in [5.74, 6) is 0.540. The molecule has 0 atom stereocenters. The van der Waals surface area contributed by atoms with Gasteiger partial charge in [-0.25, -0.2) is 9.78 Å². The first-order chi connectivity index (χ1) is 15.0. The van der Waals surface area contributed by atoms with E-state index in [-0.39, 0.29) is 29.1 Å². The van der Waals surface area contributed by atoms with Crippen LogP contribution in [0.4, 0.5) is 22.2 Å². The topological polar surface area (TPSA) is 143 Å². The number of rotatable bonds is 6. The number of carbonyl (C=O) groups is 1. The smallest absolute Gasteiger partial charge is 0.407 e. The van der Waals surface area contributed by atoms with Crippen molar-refractivity contribution in [2.24, 2.45) is 0 Å². The van der Waals surface area contributed by atoms with E-state index in [2.05, 4.69) is 27.5 Å². The van der Waals surface area contributed by atoms with E-state index in [1.54, 1.807) is 0 Å². The Hall–Kier alpha value is -2.69. The molecule has 1 aromatic heterocycles. The maximum atomic E-state index is 11.8. The second-order valence-corrected chi connectivity index (χ2v) is 9.96. The van der Waals surface area contributed by atoms with Crippen LogP contribution in [0.1, 0.15) is 66.2 Å². The van der Waals surface area contributed by atoms with Gasteiger partial charge in [-0.1, -0.05) is 0 Å². The van der Waals surface area contributed by atoms with Crippen LogP contribution in [0.5, 0.6) is 0 Å². The fraction of sp³-hybridized carbons (Fsp3) is 0.762. The van der Waals surface area contributed by atoms with Crippen molar-refractivity contribution in [3.05, 3.63) is 16.3 Å². The fourth-order valence-electron chi connectivity index (χ4n) is 4.55. The van der Waals surface area contributed by atoms with E-state index in [4.69, 9.17) is 4.74 Å². The zero-order valence-electron chi connectivity index (χ0n) is 19.3. The largest absolute Gasteiger partial charge is 0.465 e. The molecule has 178 valence electrons. The molecule has 0 aromatic carbocycles. The predicted octanol–water partition coefficient (Wildman–Crippen LogP) is 3.87. The van der Waals surface area contributed by atoms with Crippen molar-refractivity contribution in [2.45, 2.75) is 89.4 Å². The molecule has 11 nitrogen and oxygen atoms in total. The zero-order valence-corrected chi connectivity index (χ0v) is 19.3. The summed E-state index contributed by atoms with van der Waals surface area (Å²) in [4.78, 5) is 32.9. The lowest BCUT2D eigenvalue weighted by molar-refractivity contribution is -0.384. The summed E-state index contributed by atoms with van der Waals surface area (Å²) in [5, 5.41) is 27.7. The van der Waals surface area contributed by atoms with Crippen molar-refractivity contribution in [1.82, 2.24) is 14.9 Å². The van der Waals surface area contributed by atoms with E-state index in [9.17, 15) is 20.0 Å². The minimum absolute atomic E-state index is 0.0259. The highest BCUT2D eigenvalue weighted by atomic mass is 16.6. The van der Waals surface area contributed by atoms with Crippen molar-refractivity contribution in [1.29, 1.82) is 0 Å². The van der Waals surface area contributed by atoms with Gasteiger partial charge in [-0.3, -0.25) is 10.1 Å². The highest BCUT2D eigenvalue weighted by molar-refractivity contribution is 5.66. The van der Waals surface area contributed by atoms with E-state index in [1.807, 2.05) is 20.8 Å². The minimum atomic E-state index is -0.919. The van der Waals surface area contributed by atoms with Crippen LogP contribution >= 0.6 is 0 Å².